The molecule has 0 atom stereocenters. The van der Waals surface area contributed by atoms with E-state index in [4.69, 9.17) is 10.2 Å². The van der Waals surface area contributed by atoms with Crippen molar-refractivity contribution in [2.45, 2.75) is 17.5 Å². The average molecular weight is 289 g/mol. The fourth-order valence-corrected chi connectivity index (χ4v) is 2.36. The van der Waals surface area contributed by atoms with E-state index in [1.165, 1.54) is 22.2 Å². The van der Waals surface area contributed by atoms with Crippen LogP contribution < -0.4 is 11.3 Å². The largest absolute Gasteiger partial charge is 0.415 e. The maximum atomic E-state index is 11.9. The lowest BCUT2D eigenvalue weighted by atomic mass is 10.4. The lowest BCUT2D eigenvalue weighted by molar-refractivity contribution is 0.414. The molecule has 0 saturated carbocycles. The summed E-state index contributed by atoms with van der Waals surface area (Å²) in [6, 6.07) is 6.91. The van der Waals surface area contributed by atoms with Crippen molar-refractivity contribution >= 4 is 17.4 Å². The quantitative estimate of drug-likeness (QED) is 0.710. The number of nitrogens with zero attached hydrogens (tertiary/aromatic N) is 4. The van der Waals surface area contributed by atoms with Crippen LogP contribution in [0.4, 0.5) is 0 Å². The van der Waals surface area contributed by atoms with Crippen LogP contribution in [0.3, 0.4) is 0 Å². The molecule has 0 saturated heterocycles. The summed E-state index contributed by atoms with van der Waals surface area (Å²) >= 11 is 1.32. The third-order valence-electron chi connectivity index (χ3n) is 2.59. The summed E-state index contributed by atoms with van der Waals surface area (Å²) in [6.07, 6.45) is 1.69. The van der Waals surface area contributed by atoms with Crippen LogP contribution in [-0.4, -0.2) is 19.6 Å². The topological polar surface area (TPSA) is 99.3 Å². The van der Waals surface area contributed by atoms with Gasteiger partial charge in [0.25, 0.3) is 10.8 Å². The molecule has 0 aliphatic carbocycles. The molecule has 0 aromatic carbocycles. The Morgan fingerprint density at radius 2 is 2.25 bits per heavy atom. The normalized spacial score (nSPS) is 11.1. The molecule has 3 rings (SSSR count). The molecule has 20 heavy (non-hydrogen) atoms. The zero-order chi connectivity index (χ0) is 13.9. The van der Waals surface area contributed by atoms with E-state index in [9.17, 15) is 4.79 Å². The van der Waals surface area contributed by atoms with Crippen molar-refractivity contribution in [3.05, 3.63) is 52.4 Å². The molecule has 3 aromatic heterocycles. The zero-order valence-electron chi connectivity index (χ0n) is 10.4. The highest BCUT2D eigenvalue weighted by molar-refractivity contribution is 7.98. The number of nitrogens with two attached hydrogens (primary N) is 1. The van der Waals surface area contributed by atoms with Gasteiger partial charge in [-0.3, -0.25) is 9.20 Å². The molecule has 0 radical (unpaired) electrons. The summed E-state index contributed by atoms with van der Waals surface area (Å²) in [4.78, 5) is 16.3. The first-order valence-corrected chi connectivity index (χ1v) is 6.87. The van der Waals surface area contributed by atoms with Gasteiger partial charge in [0, 0.05) is 18.0 Å². The van der Waals surface area contributed by atoms with Gasteiger partial charge < -0.3 is 10.2 Å². The highest BCUT2D eigenvalue weighted by atomic mass is 32.2. The Bertz CT molecular complexity index is 798. The number of hydrogen-bond acceptors (Lipinski definition) is 7. The first kappa shape index (κ1) is 12.8. The molecule has 7 nitrogen and oxygen atoms in total. The van der Waals surface area contributed by atoms with Crippen molar-refractivity contribution in [2.75, 3.05) is 0 Å². The molecule has 0 fully saturated rings. The molecular weight excluding hydrogens is 278 g/mol. The number of thioether (sulfide) groups is 1. The van der Waals surface area contributed by atoms with Crippen molar-refractivity contribution in [1.29, 1.82) is 0 Å². The maximum Gasteiger partial charge on any atom is 0.277 e. The average Bonchev–Trinajstić information content (AvgIpc) is 2.93. The molecule has 3 aromatic rings. The minimum Gasteiger partial charge on any atom is -0.415 e. The van der Waals surface area contributed by atoms with Gasteiger partial charge in [-0.05, 0) is 12.1 Å². The second-order valence-electron chi connectivity index (χ2n) is 3.97. The maximum absolute atomic E-state index is 11.9. The summed E-state index contributed by atoms with van der Waals surface area (Å²) in [5.74, 6) is 0.867. The Labute approximate surface area is 117 Å². The van der Waals surface area contributed by atoms with Crippen LogP contribution in [0.15, 0.2) is 44.9 Å². The van der Waals surface area contributed by atoms with Crippen LogP contribution in [0.5, 0.6) is 0 Å². The Kier molecular flexibility index (Phi) is 3.48. The van der Waals surface area contributed by atoms with E-state index in [-0.39, 0.29) is 12.1 Å². The first-order valence-electron chi connectivity index (χ1n) is 5.89. The van der Waals surface area contributed by atoms with Gasteiger partial charge in [-0.15, -0.1) is 10.2 Å². The second-order valence-corrected chi connectivity index (χ2v) is 4.90. The number of hydrogen-bond donors (Lipinski definition) is 1. The predicted octanol–water partition coefficient (Wildman–Crippen LogP) is 0.828. The predicted molar refractivity (Wildman–Crippen MR) is 73.2 cm³/mol. The van der Waals surface area contributed by atoms with Crippen LogP contribution in [0, 0.1) is 0 Å². The molecule has 2 N–H and O–H groups in total. The molecule has 0 aliphatic heterocycles. The van der Waals surface area contributed by atoms with Crippen molar-refractivity contribution in [1.82, 2.24) is 19.6 Å². The van der Waals surface area contributed by atoms with Gasteiger partial charge in [-0.2, -0.15) is 0 Å². The third kappa shape index (κ3) is 2.56. The number of fused-ring (bicyclic) bond motifs is 1. The smallest absolute Gasteiger partial charge is 0.277 e. The summed E-state index contributed by atoms with van der Waals surface area (Å²) in [5, 5.41) is 8.02. The number of rotatable bonds is 4. The molecule has 8 heteroatoms. The van der Waals surface area contributed by atoms with Gasteiger partial charge >= 0.3 is 0 Å². The van der Waals surface area contributed by atoms with Gasteiger partial charge in [0.15, 0.2) is 0 Å². The molecule has 3 heterocycles. The van der Waals surface area contributed by atoms with Crippen molar-refractivity contribution < 1.29 is 4.42 Å². The van der Waals surface area contributed by atoms with Crippen LogP contribution in [-0.2, 0) is 12.3 Å². The van der Waals surface area contributed by atoms with Crippen LogP contribution >= 0.6 is 11.8 Å². The van der Waals surface area contributed by atoms with Gasteiger partial charge in [0.2, 0.25) is 5.89 Å². The Hall–Kier alpha value is -2.19. The van der Waals surface area contributed by atoms with Crippen molar-refractivity contribution in [3.8, 4) is 0 Å². The molecular formula is C12H11N5O2S. The van der Waals surface area contributed by atoms with Gasteiger partial charge in [0.1, 0.15) is 5.65 Å². The van der Waals surface area contributed by atoms with E-state index in [0.717, 1.165) is 0 Å². The van der Waals surface area contributed by atoms with E-state index in [1.54, 1.807) is 18.3 Å². The van der Waals surface area contributed by atoms with E-state index in [2.05, 4.69) is 15.2 Å². The standard InChI is InChI=1S/C12H11N5O2S/c13-6-10-15-16-12(19-10)20-7-8-5-11(18)17-4-2-1-3-9(17)14-8/h1-5H,6-7,13H2. The molecule has 0 unspecified atom stereocenters. The first-order chi connectivity index (χ1) is 9.76. The summed E-state index contributed by atoms with van der Waals surface area (Å²) in [7, 11) is 0. The molecule has 0 bridgehead atoms. The lowest BCUT2D eigenvalue weighted by Crippen LogP contribution is -2.14. The van der Waals surface area contributed by atoms with Crippen LogP contribution in [0.2, 0.25) is 0 Å². The molecule has 0 aliphatic rings. The van der Waals surface area contributed by atoms with E-state index in [1.807, 2.05) is 6.07 Å². The van der Waals surface area contributed by atoms with Crippen LogP contribution in [0.25, 0.3) is 5.65 Å². The fraction of sp³-hybridized carbons (Fsp3) is 0.167. The monoisotopic (exact) mass is 289 g/mol. The number of pyridine rings is 1. The Balaban J connectivity index is 1.82. The van der Waals surface area contributed by atoms with Gasteiger partial charge in [-0.25, -0.2) is 4.98 Å². The van der Waals surface area contributed by atoms with Crippen molar-refractivity contribution in [3.63, 3.8) is 0 Å². The second kappa shape index (κ2) is 5.43. The van der Waals surface area contributed by atoms with Gasteiger partial charge in [0.05, 0.1) is 12.2 Å². The Morgan fingerprint density at radius 1 is 1.35 bits per heavy atom. The summed E-state index contributed by atoms with van der Waals surface area (Å²) in [5.41, 5.74) is 6.56. The van der Waals surface area contributed by atoms with Crippen molar-refractivity contribution in [2.24, 2.45) is 5.73 Å². The van der Waals surface area contributed by atoms with E-state index in [0.29, 0.717) is 28.2 Å². The Morgan fingerprint density at radius 3 is 3.05 bits per heavy atom. The molecule has 0 amide bonds. The minimum atomic E-state index is -0.112. The SMILES string of the molecule is NCc1nnc(SCc2cc(=O)n3ccccc3n2)o1. The highest BCUT2D eigenvalue weighted by Crippen LogP contribution is 2.20. The summed E-state index contributed by atoms with van der Waals surface area (Å²) in [6.45, 7) is 0.211. The highest BCUT2D eigenvalue weighted by Gasteiger charge is 2.07. The minimum absolute atomic E-state index is 0.112. The fourth-order valence-electron chi connectivity index (χ4n) is 1.69. The molecule has 102 valence electrons. The number of aromatic nitrogens is 4. The molecule has 0 spiro atoms. The summed E-state index contributed by atoms with van der Waals surface area (Å²) < 4.78 is 6.77. The zero-order valence-corrected chi connectivity index (χ0v) is 11.2. The van der Waals surface area contributed by atoms with Gasteiger partial charge in [-0.1, -0.05) is 17.8 Å². The van der Waals surface area contributed by atoms with E-state index >= 15 is 0 Å². The van der Waals surface area contributed by atoms with Crippen LogP contribution in [0.1, 0.15) is 11.6 Å². The lowest BCUT2D eigenvalue weighted by Gasteiger charge is -2.02. The third-order valence-corrected chi connectivity index (χ3v) is 3.44. The van der Waals surface area contributed by atoms with E-state index < -0.39 is 0 Å².